The highest BCUT2D eigenvalue weighted by Crippen LogP contribution is 2.56. The van der Waals surface area contributed by atoms with Gasteiger partial charge in [0.05, 0.1) is 54.1 Å². The summed E-state index contributed by atoms with van der Waals surface area (Å²) in [5.41, 5.74) is 36.1. The van der Waals surface area contributed by atoms with Gasteiger partial charge in [-0.3, -0.25) is 0 Å². The Morgan fingerprint density at radius 3 is 1.17 bits per heavy atom. The van der Waals surface area contributed by atoms with E-state index in [0.717, 1.165) is 61.6 Å². The minimum Gasteiger partial charge on any atom is -0.454 e. The van der Waals surface area contributed by atoms with E-state index in [2.05, 4.69) is 357 Å². The van der Waals surface area contributed by atoms with Gasteiger partial charge in [0.2, 0.25) is 0 Å². The normalized spacial score (nSPS) is 13.6. The van der Waals surface area contributed by atoms with Crippen LogP contribution in [0.3, 0.4) is 0 Å². The summed E-state index contributed by atoms with van der Waals surface area (Å²) in [4.78, 5) is 4.84. The molecule has 26 rings (SSSR count). The van der Waals surface area contributed by atoms with Gasteiger partial charge in [0.1, 0.15) is 11.1 Å². The van der Waals surface area contributed by atoms with Crippen LogP contribution in [-0.4, -0.2) is 31.7 Å². The van der Waals surface area contributed by atoms with Crippen LogP contribution in [0, 0.1) is 0 Å². The fourth-order valence-electron chi connectivity index (χ4n) is 20.1. The number of anilines is 6. The second-order valence-corrected chi connectivity index (χ2v) is 31.8. The highest BCUT2D eigenvalue weighted by Gasteiger charge is 2.48. The molecule has 11 heteroatoms. The van der Waals surface area contributed by atoms with Crippen molar-refractivity contribution >= 4 is 209 Å². The average Bonchev–Trinajstić information content (AvgIpc) is 1.50. The van der Waals surface area contributed by atoms with E-state index in [1.807, 2.05) is 22.7 Å². The third-order valence-electron chi connectivity index (χ3n) is 24.1. The summed E-state index contributed by atoms with van der Waals surface area (Å²) in [6.45, 7) is 5.00. The molecule has 106 heavy (non-hydrogen) atoms. The Morgan fingerprint density at radius 2 is 0.679 bits per heavy atom. The first-order valence-corrected chi connectivity index (χ1v) is 38.4. The molecule has 0 saturated heterocycles. The maximum atomic E-state index is 6.74. The molecule has 0 fully saturated rings. The molecule has 0 saturated carbocycles. The van der Waals surface area contributed by atoms with E-state index in [1.54, 1.807) is 0 Å². The van der Waals surface area contributed by atoms with Gasteiger partial charge < -0.3 is 32.5 Å². The zero-order chi connectivity index (χ0) is 69.1. The molecule has 14 aromatic carbocycles. The van der Waals surface area contributed by atoms with Crippen LogP contribution in [0.5, 0.6) is 0 Å². The maximum absolute atomic E-state index is 6.74. The van der Waals surface area contributed by atoms with Gasteiger partial charge in [-0.15, -0.1) is 22.7 Å². The van der Waals surface area contributed by atoms with E-state index in [4.69, 9.17) is 4.42 Å². The molecule has 0 atom stereocenters. The summed E-state index contributed by atoms with van der Waals surface area (Å²) in [5.74, 6) is 0. The molecule has 7 nitrogen and oxygen atoms in total. The molecule has 11 heterocycles. The molecule has 0 spiro atoms. The highest BCUT2D eigenvalue weighted by atomic mass is 32.1. The second-order valence-electron chi connectivity index (χ2n) is 29.7. The Labute approximate surface area is 617 Å². The van der Waals surface area contributed by atoms with E-state index >= 15 is 0 Å². The summed E-state index contributed by atoms with van der Waals surface area (Å²) in [6.07, 6.45) is 0. The molecule has 7 aromatic heterocycles. The van der Waals surface area contributed by atoms with Crippen molar-refractivity contribution in [1.29, 1.82) is 0 Å². The Morgan fingerprint density at radius 1 is 0.311 bits per heavy atom. The third-order valence-corrected chi connectivity index (χ3v) is 26.5. The predicted molar refractivity (Wildman–Crippen MR) is 450 cm³/mol. The second kappa shape index (κ2) is 20.8. The summed E-state index contributed by atoms with van der Waals surface area (Å²) < 4.78 is 22.5. The number of hydrogen-bond donors (Lipinski definition) is 0. The van der Waals surface area contributed by atoms with E-state index < -0.39 is 0 Å². The molecule has 0 N–H and O–H groups in total. The van der Waals surface area contributed by atoms with Gasteiger partial charge in [0.25, 0.3) is 13.4 Å². The fourth-order valence-corrected chi connectivity index (χ4v) is 22.5. The van der Waals surface area contributed by atoms with Gasteiger partial charge in [0.15, 0.2) is 5.58 Å². The lowest BCUT2D eigenvalue weighted by atomic mass is 9.34. The first kappa shape index (κ1) is 57.7. The number of fused-ring (bicyclic) bond motifs is 28. The molecule has 4 aliphatic heterocycles. The maximum Gasteiger partial charge on any atom is 0.252 e. The highest BCUT2D eigenvalue weighted by molar-refractivity contribution is 7.27. The number of thiophene rings is 2. The largest absolute Gasteiger partial charge is 0.454 e. The molecule has 492 valence electrons. The van der Waals surface area contributed by atoms with Crippen LogP contribution >= 0.6 is 22.7 Å². The van der Waals surface area contributed by atoms with Crippen molar-refractivity contribution in [2.24, 2.45) is 0 Å². The Bertz CT molecular complexity index is 7200. The van der Waals surface area contributed by atoms with Gasteiger partial charge in [-0.1, -0.05) is 226 Å². The lowest BCUT2D eigenvalue weighted by Crippen LogP contribution is -2.59. The summed E-state index contributed by atoms with van der Waals surface area (Å²) in [5, 5.41) is 8.93. The SMILES string of the molecule is CC1(C)c2ccccc2-c2c1c1cccc3c1n2-c1cc(N(c2ccccc2)c2ccccc2)cc2c1B3c1cccc3c4sc5ccccc5c4n-2c13.c1ccc(N(c2ccccc2)c2cc3c4c(c2)-n2c5c(cccc5c5sc6ccccc6c52)B4c2cccc4c5oc6ccccc6c5n-3c24)cc1. The Hall–Kier alpha value is -12.8. The van der Waals surface area contributed by atoms with Crippen LogP contribution in [-0.2, 0) is 5.41 Å². The monoisotopic (exact) mass is 1380 g/mol. The van der Waals surface area contributed by atoms with Crippen LogP contribution in [0.15, 0.2) is 320 Å². The average molecular weight is 1390 g/mol. The number of benzene rings is 14. The molecule has 0 amide bonds. The van der Waals surface area contributed by atoms with Crippen molar-refractivity contribution in [3.8, 4) is 34.0 Å². The number of aromatic nitrogens is 4. The number of nitrogens with zero attached hydrogens (tertiary/aromatic N) is 6. The minimum atomic E-state index is -0.137. The molecule has 0 unspecified atom stereocenters. The van der Waals surface area contributed by atoms with Crippen LogP contribution < -0.4 is 42.6 Å². The van der Waals surface area contributed by atoms with E-state index in [0.29, 0.717) is 0 Å². The van der Waals surface area contributed by atoms with E-state index in [-0.39, 0.29) is 18.8 Å². The molecule has 1 aliphatic carbocycles. The number of furan rings is 1. The molecule has 5 aliphatic rings. The first-order chi connectivity index (χ1) is 52.4. The predicted octanol–water partition coefficient (Wildman–Crippen LogP) is 21.3. The zero-order valence-corrected chi connectivity index (χ0v) is 59.2. The quantitative estimate of drug-likeness (QED) is 0.156. The van der Waals surface area contributed by atoms with Crippen LogP contribution in [0.4, 0.5) is 34.1 Å². The summed E-state index contributed by atoms with van der Waals surface area (Å²) >= 11 is 3.84. The summed E-state index contributed by atoms with van der Waals surface area (Å²) in [7, 11) is 0. The van der Waals surface area contributed by atoms with E-state index in [9.17, 15) is 0 Å². The van der Waals surface area contributed by atoms with Crippen molar-refractivity contribution in [1.82, 2.24) is 18.3 Å². The van der Waals surface area contributed by atoms with Gasteiger partial charge >= 0.3 is 0 Å². The summed E-state index contributed by atoms with van der Waals surface area (Å²) in [6, 6.07) is 116. The van der Waals surface area contributed by atoms with E-state index in [1.165, 1.54) is 157 Å². The third kappa shape index (κ3) is 7.28. The van der Waals surface area contributed by atoms with Crippen molar-refractivity contribution in [2.45, 2.75) is 19.3 Å². The number of hydrogen-bond acceptors (Lipinski definition) is 5. The Kier molecular flexibility index (Phi) is 11.3. The fraction of sp³-hybridized carbons (Fsp3) is 0.0316. The van der Waals surface area contributed by atoms with Crippen molar-refractivity contribution < 1.29 is 4.42 Å². The molecular weight excluding hydrogens is 1330 g/mol. The molecule has 0 bridgehead atoms. The minimum absolute atomic E-state index is 0.0638. The zero-order valence-electron chi connectivity index (χ0n) is 57.6. The number of para-hydroxylation sites is 9. The van der Waals surface area contributed by atoms with Crippen LogP contribution in [0.1, 0.15) is 25.0 Å². The van der Waals surface area contributed by atoms with Gasteiger partial charge in [-0.25, -0.2) is 0 Å². The smallest absolute Gasteiger partial charge is 0.252 e. The van der Waals surface area contributed by atoms with Gasteiger partial charge in [-0.2, -0.15) is 0 Å². The van der Waals surface area contributed by atoms with Gasteiger partial charge in [0, 0.05) is 109 Å². The van der Waals surface area contributed by atoms with Crippen LogP contribution in [0.2, 0.25) is 0 Å². The van der Waals surface area contributed by atoms with Crippen molar-refractivity contribution in [3.63, 3.8) is 0 Å². The number of rotatable bonds is 6. The lowest BCUT2D eigenvalue weighted by molar-refractivity contribution is 0.666. The molecular formula is C95H58B2N6OS2. The van der Waals surface area contributed by atoms with Crippen molar-refractivity contribution in [3.05, 3.63) is 327 Å². The van der Waals surface area contributed by atoms with Crippen LogP contribution in [0.25, 0.3) is 140 Å². The lowest BCUT2D eigenvalue weighted by Gasteiger charge is -2.36. The molecule has 21 aromatic rings. The standard InChI is InChI=1S/C49H32BN3S.C46H26BN3OS/c1-49(2)36-23-11-9-19-32(36)46-42(49)34-21-13-24-37-44(34)52(46)39-27-31(51(29-15-5-3-6-16-29)30-17-7-4-8-18-30)28-40-43(39)50(37)38-25-14-22-35-45(38)53(40)47-33-20-10-12-26-41(33)54-48(35)47;1-3-13-27(14-4-1)48(28-15-5-2-6-16-28)29-25-36-40-37(26-29)50-42-33(46-44(50)31-18-8-10-24-39(31)52-46)20-12-22-35(42)47(40)34-21-11-19-32-41(34)49(36)43-30-17-7-9-23-38(30)51-45(32)43/h3-28H,1-2H3;1-26H. The van der Waals surface area contributed by atoms with Gasteiger partial charge in [-0.05, 0) is 147 Å². The Balaban J connectivity index is 0.000000123. The molecule has 0 radical (unpaired) electrons. The first-order valence-electron chi connectivity index (χ1n) is 36.7. The van der Waals surface area contributed by atoms with Crippen molar-refractivity contribution in [2.75, 3.05) is 9.80 Å². The topological polar surface area (TPSA) is 39.3 Å².